The predicted octanol–water partition coefficient (Wildman–Crippen LogP) is 3.35. The van der Waals surface area contributed by atoms with Crippen LogP contribution >= 0.6 is 0 Å². The Kier molecular flexibility index (Phi) is 3.41. The van der Waals surface area contributed by atoms with Crippen LogP contribution in [-0.4, -0.2) is 14.2 Å². The van der Waals surface area contributed by atoms with E-state index in [1.165, 1.54) is 6.07 Å². The maximum absolute atomic E-state index is 12.6. The quantitative estimate of drug-likeness (QED) is 0.854. The fraction of sp³-hybridized carbons (Fsp3) is 0.235. The van der Waals surface area contributed by atoms with E-state index in [1.54, 1.807) is 36.4 Å². The second kappa shape index (κ2) is 5.11. The Morgan fingerprint density at radius 3 is 2.29 bits per heavy atom. The fourth-order valence-electron chi connectivity index (χ4n) is 2.64. The van der Waals surface area contributed by atoms with Gasteiger partial charge in [0, 0.05) is 12.0 Å². The van der Waals surface area contributed by atoms with E-state index in [0.717, 1.165) is 24.0 Å². The molecule has 1 aliphatic rings. The van der Waals surface area contributed by atoms with Crippen molar-refractivity contribution in [1.82, 2.24) is 0 Å². The maximum Gasteiger partial charge on any atom is 0.206 e. The van der Waals surface area contributed by atoms with E-state index in [9.17, 15) is 13.2 Å². The van der Waals surface area contributed by atoms with Gasteiger partial charge in [0.25, 0.3) is 0 Å². The van der Waals surface area contributed by atoms with Gasteiger partial charge in [-0.3, -0.25) is 4.79 Å². The molecular formula is C17H16O3S. The molecule has 1 aliphatic carbocycles. The second-order valence-corrected chi connectivity index (χ2v) is 7.36. The van der Waals surface area contributed by atoms with Crippen LogP contribution in [-0.2, 0) is 16.3 Å². The molecule has 2 aromatic rings. The van der Waals surface area contributed by atoms with Gasteiger partial charge in [-0.05, 0) is 55.7 Å². The number of rotatable bonds is 2. The highest BCUT2D eigenvalue weighted by molar-refractivity contribution is 7.91. The third-order valence-corrected chi connectivity index (χ3v) is 5.64. The Morgan fingerprint density at radius 2 is 1.57 bits per heavy atom. The Labute approximate surface area is 124 Å². The van der Waals surface area contributed by atoms with Crippen molar-refractivity contribution >= 4 is 15.6 Å². The zero-order valence-corrected chi connectivity index (χ0v) is 12.6. The second-order valence-electron chi connectivity index (χ2n) is 5.41. The topological polar surface area (TPSA) is 51.2 Å². The van der Waals surface area contributed by atoms with E-state index in [0.29, 0.717) is 12.0 Å². The van der Waals surface area contributed by atoms with Crippen molar-refractivity contribution in [1.29, 1.82) is 0 Å². The van der Waals surface area contributed by atoms with Gasteiger partial charge in [-0.2, -0.15) is 0 Å². The first-order valence-electron chi connectivity index (χ1n) is 6.96. The molecule has 3 nitrogen and oxygen atoms in total. The number of carbonyl (C=O) groups excluding carboxylic acids is 1. The van der Waals surface area contributed by atoms with Crippen LogP contribution < -0.4 is 0 Å². The van der Waals surface area contributed by atoms with Crippen molar-refractivity contribution in [2.24, 2.45) is 0 Å². The molecule has 0 heterocycles. The predicted molar refractivity (Wildman–Crippen MR) is 80.3 cm³/mol. The number of benzene rings is 2. The fourth-order valence-corrected chi connectivity index (χ4v) is 3.95. The number of hydrogen-bond acceptors (Lipinski definition) is 3. The third kappa shape index (κ3) is 2.51. The number of carbonyl (C=O) groups is 1. The molecule has 21 heavy (non-hydrogen) atoms. The van der Waals surface area contributed by atoms with Gasteiger partial charge >= 0.3 is 0 Å². The van der Waals surface area contributed by atoms with Crippen molar-refractivity contribution in [2.45, 2.75) is 36.0 Å². The summed E-state index contributed by atoms with van der Waals surface area (Å²) in [5, 5.41) is 0. The first-order chi connectivity index (χ1) is 9.98. The van der Waals surface area contributed by atoms with Crippen LogP contribution in [0, 0.1) is 6.92 Å². The molecule has 0 aromatic heterocycles. The molecule has 0 radical (unpaired) electrons. The molecule has 0 spiro atoms. The first-order valence-corrected chi connectivity index (χ1v) is 8.45. The number of aryl methyl sites for hydroxylation is 2. The summed E-state index contributed by atoms with van der Waals surface area (Å²) in [6, 6.07) is 11.7. The van der Waals surface area contributed by atoms with E-state index in [4.69, 9.17) is 0 Å². The van der Waals surface area contributed by atoms with Gasteiger partial charge in [0.2, 0.25) is 9.84 Å². The van der Waals surface area contributed by atoms with Gasteiger partial charge in [0.1, 0.15) is 0 Å². The molecule has 2 aromatic carbocycles. The highest BCUT2D eigenvalue weighted by Crippen LogP contribution is 2.27. The largest absolute Gasteiger partial charge is 0.294 e. The van der Waals surface area contributed by atoms with Gasteiger partial charge in [-0.1, -0.05) is 17.7 Å². The zero-order chi connectivity index (χ0) is 15.0. The summed E-state index contributed by atoms with van der Waals surface area (Å²) < 4.78 is 25.3. The minimum Gasteiger partial charge on any atom is -0.294 e. The molecule has 0 aliphatic heterocycles. The average Bonchev–Trinajstić information content (AvgIpc) is 2.47. The molecule has 108 valence electrons. The lowest BCUT2D eigenvalue weighted by Gasteiger charge is -2.15. The van der Waals surface area contributed by atoms with Crippen LogP contribution in [0.3, 0.4) is 0 Å². The minimum atomic E-state index is -3.52. The molecule has 4 heteroatoms. The summed E-state index contributed by atoms with van der Waals surface area (Å²) >= 11 is 0. The van der Waals surface area contributed by atoms with Crippen LogP contribution in [0.25, 0.3) is 0 Å². The molecule has 0 atom stereocenters. The van der Waals surface area contributed by atoms with Crippen molar-refractivity contribution in [3.05, 3.63) is 59.2 Å². The highest BCUT2D eigenvalue weighted by atomic mass is 32.2. The van der Waals surface area contributed by atoms with Crippen molar-refractivity contribution < 1.29 is 13.2 Å². The van der Waals surface area contributed by atoms with Gasteiger partial charge in [0.15, 0.2) is 5.78 Å². The van der Waals surface area contributed by atoms with Crippen molar-refractivity contribution in [2.75, 3.05) is 0 Å². The average molecular weight is 300 g/mol. The van der Waals surface area contributed by atoms with Crippen LogP contribution in [0.5, 0.6) is 0 Å². The van der Waals surface area contributed by atoms with E-state index < -0.39 is 9.84 Å². The van der Waals surface area contributed by atoms with Crippen LogP contribution in [0.15, 0.2) is 52.3 Å². The summed E-state index contributed by atoms with van der Waals surface area (Å²) in [5.41, 5.74) is 2.54. The lowest BCUT2D eigenvalue weighted by molar-refractivity contribution is 0.0972. The number of hydrogen-bond donors (Lipinski definition) is 0. The zero-order valence-electron chi connectivity index (χ0n) is 11.8. The van der Waals surface area contributed by atoms with Gasteiger partial charge in [-0.15, -0.1) is 0 Å². The van der Waals surface area contributed by atoms with E-state index in [1.807, 2.05) is 6.92 Å². The smallest absolute Gasteiger partial charge is 0.206 e. The minimum absolute atomic E-state index is 0.107. The Hall–Kier alpha value is -1.94. The summed E-state index contributed by atoms with van der Waals surface area (Å²) in [6.07, 6.45) is 2.11. The molecule has 0 saturated heterocycles. The first kappa shape index (κ1) is 14.0. The molecule has 3 rings (SSSR count). The summed E-state index contributed by atoms with van der Waals surface area (Å²) in [7, 11) is -3.52. The van der Waals surface area contributed by atoms with Crippen LogP contribution in [0.4, 0.5) is 0 Å². The van der Waals surface area contributed by atoms with Gasteiger partial charge < -0.3 is 0 Å². The van der Waals surface area contributed by atoms with E-state index >= 15 is 0 Å². The summed E-state index contributed by atoms with van der Waals surface area (Å²) in [4.78, 5) is 12.4. The molecule has 0 amide bonds. The molecule has 0 bridgehead atoms. The Bertz CT molecular complexity index is 802. The Morgan fingerprint density at radius 1 is 0.905 bits per heavy atom. The maximum atomic E-state index is 12.6. The number of sulfone groups is 1. The SMILES string of the molecule is Cc1ccc(S(=O)(=O)c2ccc3c(c2)CCCC3=O)cc1. The number of fused-ring (bicyclic) bond motifs is 1. The molecule has 0 saturated carbocycles. The van der Waals surface area contributed by atoms with Crippen molar-refractivity contribution in [3.8, 4) is 0 Å². The summed E-state index contributed by atoms with van der Waals surface area (Å²) in [6.45, 7) is 1.92. The normalized spacial score (nSPS) is 14.8. The molecular weight excluding hydrogens is 284 g/mol. The summed E-state index contributed by atoms with van der Waals surface area (Å²) in [5.74, 6) is 0.107. The monoisotopic (exact) mass is 300 g/mol. The molecule has 0 fully saturated rings. The number of Topliss-reactive ketones (excluding diaryl/α,β-unsaturated/α-hetero) is 1. The number of ketones is 1. The van der Waals surface area contributed by atoms with E-state index in [2.05, 4.69) is 0 Å². The molecule has 0 N–H and O–H groups in total. The van der Waals surface area contributed by atoms with Gasteiger partial charge in [0.05, 0.1) is 9.79 Å². The van der Waals surface area contributed by atoms with Crippen LogP contribution in [0.1, 0.15) is 34.3 Å². The Balaban J connectivity index is 2.07. The standard InChI is InChI=1S/C17H16O3S/c1-12-5-7-14(8-6-12)21(19,20)15-9-10-16-13(11-15)3-2-4-17(16)18/h5-11H,2-4H2,1H3. The third-order valence-electron chi connectivity index (χ3n) is 3.87. The van der Waals surface area contributed by atoms with Crippen LogP contribution in [0.2, 0.25) is 0 Å². The van der Waals surface area contributed by atoms with Gasteiger partial charge in [-0.25, -0.2) is 8.42 Å². The van der Waals surface area contributed by atoms with E-state index in [-0.39, 0.29) is 15.6 Å². The van der Waals surface area contributed by atoms with Crippen molar-refractivity contribution in [3.63, 3.8) is 0 Å². The lowest BCUT2D eigenvalue weighted by atomic mass is 9.91. The molecule has 0 unspecified atom stereocenters. The highest BCUT2D eigenvalue weighted by Gasteiger charge is 2.22. The lowest BCUT2D eigenvalue weighted by Crippen LogP contribution is -2.12.